The second-order valence-electron chi connectivity index (χ2n) is 4.13. The highest BCUT2D eigenvalue weighted by Gasteiger charge is 2.16. The van der Waals surface area contributed by atoms with Gasteiger partial charge in [-0.2, -0.15) is 5.10 Å². The summed E-state index contributed by atoms with van der Waals surface area (Å²) in [5.74, 6) is 0. The van der Waals surface area contributed by atoms with Crippen LogP contribution in [0.1, 0.15) is 30.1 Å². The maximum atomic E-state index is 10.2. The van der Waals surface area contributed by atoms with Crippen molar-refractivity contribution in [2.75, 3.05) is 0 Å². The van der Waals surface area contributed by atoms with Gasteiger partial charge in [0.1, 0.15) is 6.10 Å². The van der Waals surface area contributed by atoms with Crippen LogP contribution in [-0.2, 0) is 20.0 Å². The molecule has 1 N–H and O–H groups in total. The Morgan fingerprint density at radius 3 is 2.82 bits per heavy atom. The number of aliphatic hydroxyl groups excluding tert-OH is 1. The molecule has 0 saturated heterocycles. The largest absolute Gasteiger partial charge is 0.386 e. The third-order valence-corrected chi connectivity index (χ3v) is 2.63. The molecule has 92 valence electrons. The molecule has 6 nitrogen and oxygen atoms in total. The zero-order valence-corrected chi connectivity index (χ0v) is 10.3. The molecule has 2 rings (SSSR count). The molecule has 2 aromatic rings. The molecular weight excluding hydrogens is 218 g/mol. The van der Waals surface area contributed by atoms with Crippen LogP contribution in [-0.4, -0.2) is 29.9 Å². The minimum Gasteiger partial charge on any atom is -0.386 e. The smallest absolute Gasteiger partial charge is 0.101 e. The van der Waals surface area contributed by atoms with Gasteiger partial charge in [-0.1, -0.05) is 5.21 Å². The van der Waals surface area contributed by atoms with E-state index < -0.39 is 6.10 Å². The van der Waals surface area contributed by atoms with E-state index in [4.69, 9.17) is 0 Å². The minimum atomic E-state index is -0.590. The van der Waals surface area contributed by atoms with Gasteiger partial charge in [0.25, 0.3) is 0 Å². The van der Waals surface area contributed by atoms with Crippen molar-refractivity contribution >= 4 is 0 Å². The van der Waals surface area contributed by atoms with Gasteiger partial charge in [0.05, 0.1) is 17.1 Å². The molecular formula is C11H17N5O. The fourth-order valence-electron chi connectivity index (χ4n) is 1.88. The molecule has 0 amide bonds. The first kappa shape index (κ1) is 11.8. The summed E-state index contributed by atoms with van der Waals surface area (Å²) in [6.07, 6.45) is 1.68. The number of aromatic nitrogens is 5. The highest BCUT2D eigenvalue weighted by Crippen LogP contribution is 2.18. The first-order chi connectivity index (χ1) is 8.10. The molecule has 0 aliphatic rings. The van der Waals surface area contributed by atoms with Crippen molar-refractivity contribution in [3.8, 4) is 0 Å². The number of aliphatic hydroxyl groups is 1. The van der Waals surface area contributed by atoms with Crippen molar-refractivity contribution in [3.63, 3.8) is 0 Å². The van der Waals surface area contributed by atoms with Crippen LogP contribution in [0.15, 0.2) is 12.3 Å². The monoisotopic (exact) mass is 235 g/mol. The molecule has 0 aliphatic carbocycles. The summed E-state index contributed by atoms with van der Waals surface area (Å²) in [5, 5.41) is 22.3. The molecule has 0 aromatic carbocycles. The molecule has 0 radical (unpaired) electrons. The van der Waals surface area contributed by atoms with Crippen LogP contribution >= 0.6 is 0 Å². The van der Waals surface area contributed by atoms with E-state index in [1.54, 1.807) is 4.68 Å². The SMILES string of the molecule is CCn1nc(C)cc1C(O)Cc1cn(C)nn1. The molecule has 1 unspecified atom stereocenters. The van der Waals surface area contributed by atoms with Crippen LogP contribution in [0.25, 0.3) is 0 Å². The van der Waals surface area contributed by atoms with E-state index in [9.17, 15) is 5.11 Å². The highest BCUT2D eigenvalue weighted by molar-refractivity contribution is 5.13. The Morgan fingerprint density at radius 2 is 2.24 bits per heavy atom. The van der Waals surface area contributed by atoms with Crippen molar-refractivity contribution in [1.29, 1.82) is 0 Å². The van der Waals surface area contributed by atoms with Crippen molar-refractivity contribution in [2.24, 2.45) is 7.05 Å². The Labute approximate surface area is 99.9 Å². The van der Waals surface area contributed by atoms with Crippen LogP contribution in [0, 0.1) is 6.92 Å². The third-order valence-electron chi connectivity index (χ3n) is 2.63. The van der Waals surface area contributed by atoms with E-state index in [0.717, 1.165) is 23.6 Å². The summed E-state index contributed by atoms with van der Waals surface area (Å²) >= 11 is 0. The van der Waals surface area contributed by atoms with Gasteiger partial charge >= 0.3 is 0 Å². The molecule has 2 heterocycles. The van der Waals surface area contributed by atoms with E-state index in [-0.39, 0.29) is 0 Å². The zero-order valence-electron chi connectivity index (χ0n) is 10.3. The zero-order chi connectivity index (χ0) is 12.4. The topological polar surface area (TPSA) is 68.8 Å². The molecule has 1 atom stereocenters. The van der Waals surface area contributed by atoms with Gasteiger partial charge in [0, 0.05) is 26.2 Å². The predicted molar refractivity (Wildman–Crippen MR) is 62.3 cm³/mol. The Balaban J connectivity index is 2.16. The summed E-state index contributed by atoms with van der Waals surface area (Å²) in [5.41, 5.74) is 2.53. The van der Waals surface area contributed by atoms with Crippen LogP contribution < -0.4 is 0 Å². The van der Waals surface area contributed by atoms with Gasteiger partial charge in [0.2, 0.25) is 0 Å². The van der Waals surface area contributed by atoms with Crippen LogP contribution in [0.2, 0.25) is 0 Å². The Morgan fingerprint density at radius 1 is 1.47 bits per heavy atom. The fourth-order valence-corrected chi connectivity index (χ4v) is 1.88. The Hall–Kier alpha value is -1.69. The molecule has 17 heavy (non-hydrogen) atoms. The Kier molecular flexibility index (Phi) is 3.23. The van der Waals surface area contributed by atoms with Gasteiger partial charge in [0.15, 0.2) is 0 Å². The maximum absolute atomic E-state index is 10.2. The molecule has 2 aromatic heterocycles. The van der Waals surface area contributed by atoms with Gasteiger partial charge in [-0.25, -0.2) is 0 Å². The molecule has 0 saturated carbocycles. The lowest BCUT2D eigenvalue weighted by Gasteiger charge is -2.10. The molecule has 0 fully saturated rings. The van der Waals surface area contributed by atoms with Crippen molar-refractivity contribution in [2.45, 2.75) is 32.9 Å². The van der Waals surface area contributed by atoms with Crippen LogP contribution in [0.5, 0.6) is 0 Å². The number of aryl methyl sites for hydroxylation is 3. The first-order valence-electron chi connectivity index (χ1n) is 5.67. The second kappa shape index (κ2) is 4.67. The standard InChI is InChI=1S/C11H17N5O/c1-4-16-10(5-8(2)13-16)11(17)6-9-7-15(3)14-12-9/h5,7,11,17H,4,6H2,1-3H3. The highest BCUT2D eigenvalue weighted by atomic mass is 16.3. The van der Waals surface area contributed by atoms with Gasteiger partial charge in [-0.05, 0) is 19.9 Å². The summed E-state index contributed by atoms with van der Waals surface area (Å²) in [7, 11) is 1.81. The lowest BCUT2D eigenvalue weighted by Crippen LogP contribution is -2.10. The number of hydrogen-bond donors (Lipinski definition) is 1. The van der Waals surface area contributed by atoms with E-state index in [1.807, 2.05) is 37.8 Å². The van der Waals surface area contributed by atoms with E-state index in [0.29, 0.717) is 6.42 Å². The summed E-state index contributed by atoms with van der Waals surface area (Å²) < 4.78 is 3.45. The van der Waals surface area contributed by atoms with Crippen LogP contribution in [0.4, 0.5) is 0 Å². The van der Waals surface area contributed by atoms with Gasteiger partial charge < -0.3 is 5.11 Å². The van der Waals surface area contributed by atoms with Gasteiger partial charge in [-0.15, -0.1) is 5.10 Å². The summed E-state index contributed by atoms with van der Waals surface area (Å²) in [6, 6.07) is 1.91. The van der Waals surface area contributed by atoms with E-state index in [1.165, 1.54) is 0 Å². The number of rotatable bonds is 4. The minimum absolute atomic E-state index is 0.457. The normalized spacial score (nSPS) is 12.9. The third kappa shape index (κ3) is 2.52. The lowest BCUT2D eigenvalue weighted by molar-refractivity contribution is 0.166. The second-order valence-corrected chi connectivity index (χ2v) is 4.13. The predicted octanol–water partition coefficient (Wildman–Crippen LogP) is 0.616. The van der Waals surface area contributed by atoms with E-state index >= 15 is 0 Å². The quantitative estimate of drug-likeness (QED) is 0.843. The van der Waals surface area contributed by atoms with Crippen molar-refractivity contribution < 1.29 is 5.11 Å². The van der Waals surface area contributed by atoms with E-state index in [2.05, 4.69) is 15.4 Å². The molecule has 0 aliphatic heterocycles. The van der Waals surface area contributed by atoms with Crippen molar-refractivity contribution in [3.05, 3.63) is 29.3 Å². The molecule has 0 bridgehead atoms. The Bertz CT molecular complexity index is 502. The average molecular weight is 235 g/mol. The van der Waals surface area contributed by atoms with Crippen LogP contribution in [0.3, 0.4) is 0 Å². The maximum Gasteiger partial charge on any atom is 0.101 e. The molecule has 0 spiro atoms. The lowest BCUT2D eigenvalue weighted by atomic mass is 10.1. The number of hydrogen-bond acceptors (Lipinski definition) is 4. The van der Waals surface area contributed by atoms with Crippen molar-refractivity contribution in [1.82, 2.24) is 24.8 Å². The average Bonchev–Trinajstić information content (AvgIpc) is 2.84. The fraction of sp³-hybridized carbons (Fsp3) is 0.545. The van der Waals surface area contributed by atoms with Gasteiger partial charge in [-0.3, -0.25) is 9.36 Å². The number of nitrogens with zero attached hydrogens (tertiary/aromatic N) is 5. The summed E-state index contributed by atoms with van der Waals surface area (Å²) in [6.45, 7) is 4.68. The summed E-state index contributed by atoms with van der Waals surface area (Å²) in [4.78, 5) is 0. The molecule has 6 heteroatoms. The first-order valence-corrected chi connectivity index (χ1v) is 5.67.